The summed E-state index contributed by atoms with van der Waals surface area (Å²) in [6.07, 6.45) is 4.58. The van der Waals surface area contributed by atoms with Gasteiger partial charge >= 0.3 is 0 Å². The summed E-state index contributed by atoms with van der Waals surface area (Å²) in [4.78, 5) is 0. The Kier molecular flexibility index (Phi) is 2.58. The number of aromatic nitrogens is 1. The predicted molar refractivity (Wildman–Crippen MR) is 76.1 cm³/mol. The average molecular weight is 239 g/mol. The van der Waals surface area contributed by atoms with Gasteiger partial charge in [0.1, 0.15) is 0 Å². The molecular formula is C17H21N. The van der Waals surface area contributed by atoms with Crippen molar-refractivity contribution in [2.24, 2.45) is 0 Å². The molecule has 0 fully saturated rings. The third-order valence-electron chi connectivity index (χ3n) is 3.96. The molecule has 0 atom stereocenters. The van der Waals surface area contributed by atoms with Crippen LogP contribution in [0.3, 0.4) is 0 Å². The smallest absolute Gasteiger partial charge is 0.0263 e. The highest BCUT2D eigenvalue weighted by Crippen LogP contribution is 2.28. The molecule has 0 saturated carbocycles. The van der Waals surface area contributed by atoms with Gasteiger partial charge in [0.25, 0.3) is 0 Å². The molecule has 0 saturated heterocycles. The van der Waals surface area contributed by atoms with Gasteiger partial charge < -0.3 is 4.57 Å². The normalized spacial score (nSPS) is 14.8. The Labute approximate surface area is 109 Å². The molecular weight excluding hydrogens is 218 g/mol. The quantitative estimate of drug-likeness (QED) is 0.656. The van der Waals surface area contributed by atoms with Crippen molar-refractivity contribution < 1.29 is 0 Å². The molecule has 1 aromatic heterocycles. The van der Waals surface area contributed by atoms with E-state index in [4.69, 9.17) is 0 Å². The van der Waals surface area contributed by atoms with Gasteiger partial charge in [0.15, 0.2) is 0 Å². The molecule has 1 nitrogen and oxygen atoms in total. The Bertz CT molecular complexity index is 570. The Balaban J connectivity index is 2.02. The van der Waals surface area contributed by atoms with Gasteiger partial charge in [-0.05, 0) is 34.6 Å². The van der Waals surface area contributed by atoms with Gasteiger partial charge in [-0.2, -0.15) is 0 Å². The number of nitrogens with zero attached hydrogens (tertiary/aromatic N) is 1. The number of benzene rings is 1. The molecule has 0 spiro atoms. The third kappa shape index (κ3) is 1.98. The van der Waals surface area contributed by atoms with E-state index in [-0.39, 0.29) is 5.41 Å². The summed E-state index contributed by atoms with van der Waals surface area (Å²) in [5.74, 6) is 0. The largest absolute Gasteiger partial charge is 0.350 e. The van der Waals surface area contributed by atoms with E-state index in [1.54, 1.807) is 0 Å². The van der Waals surface area contributed by atoms with Crippen LogP contribution >= 0.6 is 0 Å². The van der Waals surface area contributed by atoms with Crippen molar-refractivity contribution in [3.8, 4) is 0 Å². The molecule has 2 aromatic rings. The second kappa shape index (κ2) is 4.01. The first-order chi connectivity index (χ1) is 8.54. The van der Waals surface area contributed by atoms with E-state index in [2.05, 4.69) is 61.9 Å². The molecule has 1 aliphatic heterocycles. The summed E-state index contributed by atoms with van der Waals surface area (Å²) < 4.78 is 2.45. The summed E-state index contributed by atoms with van der Waals surface area (Å²) in [5.41, 5.74) is 6.17. The first-order valence-electron chi connectivity index (χ1n) is 6.80. The molecule has 0 N–H and O–H groups in total. The Morgan fingerprint density at radius 2 is 1.78 bits per heavy atom. The van der Waals surface area contributed by atoms with Crippen molar-refractivity contribution in [3.05, 3.63) is 58.9 Å². The lowest BCUT2D eigenvalue weighted by molar-refractivity contribution is 0.585. The SMILES string of the molecule is CC(C)(C)c1cc2n(c1)CCc1ccccc1C2. The van der Waals surface area contributed by atoms with Crippen LogP contribution in [-0.4, -0.2) is 4.57 Å². The van der Waals surface area contributed by atoms with Crippen molar-refractivity contribution in [1.82, 2.24) is 4.57 Å². The minimum absolute atomic E-state index is 0.249. The lowest BCUT2D eigenvalue weighted by atomic mass is 9.89. The van der Waals surface area contributed by atoms with Crippen LogP contribution in [0, 0.1) is 0 Å². The standard InChI is InChI=1S/C17H21N/c1-17(2,3)15-11-16-10-14-7-5-4-6-13(14)8-9-18(16)12-15/h4-7,11-12H,8-10H2,1-3H3. The topological polar surface area (TPSA) is 4.93 Å². The molecule has 2 heterocycles. The van der Waals surface area contributed by atoms with E-state index < -0.39 is 0 Å². The van der Waals surface area contributed by atoms with Crippen molar-refractivity contribution in [2.75, 3.05) is 0 Å². The van der Waals surface area contributed by atoms with Crippen LogP contribution in [0.15, 0.2) is 36.5 Å². The van der Waals surface area contributed by atoms with E-state index in [0.29, 0.717) is 0 Å². The Hall–Kier alpha value is -1.50. The van der Waals surface area contributed by atoms with E-state index >= 15 is 0 Å². The number of aryl methyl sites for hydroxylation is 2. The first kappa shape index (κ1) is 11.6. The molecule has 0 amide bonds. The average Bonchev–Trinajstić information content (AvgIpc) is 2.64. The predicted octanol–water partition coefficient (Wildman–Crippen LogP) is 3.93. The van der Waals surface area contributed by atoms with E-state index in [1.807, 2.05) is 0 Å². The van der Waals surface area contributed by atoms with Crippen LogP contribution in [0.1, 0.15) is 43.2 Å². The van der Waals surface area contributed by atoms with Crippen molar-refractivity contribution >= 4 is 0 Å². The van der Waals surface area contributed by atoms with Gasteiger partial charge in [-0.3, -0.25) is 0 Å². The lowest BCUT2D eigenvalue weighted by Gasteiger charge is -2.16. The van der Waals surface area contributed by atoms with Crippen LogP contribution in [0.5, 0.6) is 0 Å². The summed E-state index contributed by atoms with van der Waals surface area (Å²) in [6, 6.07) is 11.2. The maximum atomic E-state index is 2.45. The van der Waals surface area contributed by atoms with E-state index in [9.17, 15) is 0 Å². The zero-order valence-electron chi connectivity index (χ0n) is 11.5. The number of rotatable bonds is 0. The van der Waals surface area contributed by atoms with Crippen LogP contribution in [0.4, 0.5) is 0 Å². The highest BCUT2D eigenvalue weighted by molar-refractivity contribution is 5.36. The zero-order chi connectivity index (χ0) is 12.8. The molecule has 1 aliphatic rings. The fourth-order valence-corrected chi connectivity index (χ4v) is 2.73. The monoisotopic (exact) mass is 239 g/mol. The molecule has 0 radical (unpaired) electrons. The fraction of sp³-hybridized carbons (Fsp3) is 0.412. The lowest BCUT2D eigenvalue weighted by Crippen LogP contribution is -2.09. The summed E-state index contributed by atoms with van der Waals surface area (Å²) in [6.45, 7) is 7.98. The summed E-state index contributed by atoms with van der Waals surface area (Å²) in [7, 11) is 0. The van der Waals surface area contributed by atoms with E-state index in [1.165, 1.54) is 22.4 Å². The van der Waals surface area contributed by atoms with Gasteiger partial charge in [-0.15, -0.1) is 0 Å². The highest BCUT2D eigenvalue weighted by Gasteiger charge is 2.19. The van der Waals surface area contributed by atoms with Crippen LogP contribution in [-0.2, 0) is 24.8 Å². The second-order valence-corrected chi connectivity index (χ2v) is 6.36. The van der Waals surface area contributed by atoms with Gasteiger partial charge in [0.2, 0.25) is 0 Å². The van der Waals surface area contributed by atoms with Crippen molar-refractivity contribution in [2.45, 2.75) is 45.6 Å². The zero-order valence-corrected chi connectivity index (χ0v) is 11.5. The molecule has 94 valence electrons. The number of hydrogen-bond acceptors (Lipinski definition) is 0. The molecule has 0 unspecified atom stereocenters. The minimum Gasteiger partial charge on any atom is -0.350 e. The number of hydrogen-bond donors (Lipinski definition) is 0. The summed E-state index contributed by atoms with van der Waals surface area (Å²) in [5, 5.41) is 0. The molecule has 18 heavy (non-hydrogen) atoms. The van der Waals surface area contributed by atoms with Crippen LogP contribution in [0.25, 0.3) is 0 Å². The van der Waals surface area contributed by atoms with Crippen LogP contribution < -0.4 is 0 Å². The molecule has 3 rings (SSSR count). The molecule has 1 heteroatoms. The minimum atomic E-state index is 0.249. The second-order valence-electron chi connectivity index (χ2n) is 6.36. The number of fused-ring (bicyclic) bond motifs is 2. The third-order valence-corrected chi connectivity index (χ3v) is 3.96. The summed E-state index contributed by atoms with van der Waals surface area (Å²) >= 11 is 0. The van der Waals surface area contributed by atoms with Crippen molar-refractivity contribution in [1.29, 1.82) is 0 Å². The molecule has 1 aromatic carbocycles. The first-order valence-corrected chi connectivity index (χ1v) is 6.80. The van der Waals surface area contributed by atoms with Gasteiger partial charge in [0, 0.05) is 24.9 Å². The van der Waals surface area contributed by atoms with Gasteiger partial charge in [-0.1, -0.05) is 45.0 Å². The van der Waals surface area contributed by atoms with Gasteiger partial charge in [0.05, 0.1) is 0 Å². The fourth-order valence-electron chi connectivity index (χ4n) is 2.73. The maximum absolute atomic E-state index is 2.45. The van der Waals surface area contributed by atoms with Crippen LogP contribution in [0.2, 0.25) is 0 Å². The van der Waals surface area contributed by atoms with Crippen molar-refractivity contribution in [3.63, 3.8) is 0 Å². The maximum Gasteiger partial charge on any atom is 0.0263 e. The Morgan fingerprint density at radius 1 is 1.06 bits per heavy atom. The molecule has 0 bridgehead atoms. The Morgan fingerprint density at radius 3 is 2.50 bits per heavy atom. The van der Waals surface area contributed by atoms with Gasteiger partial charge in [-0.25, -0.2) is 0 Å². The van der Waals surface area contributed by atoms with E-state index in [0.717, 1.165) is 19.4 Å². The molecule has 0 aliphatic carbocycles. The highest BCUT2D eigenvalue weighted by atomic mass is 15.0.